The number of allylic oxidation sites excluding steroid dienone is 1. The van der Waals surface area contributed by atoms with E-state index in [0.717, 1.165) is 39.3 Å². The summed E-state index contributed by atoms with van der Waals surface area (Å²) < 4.78 is 0. The summed E-state index contributed by atoms with van der Waals surface area (Å²) in [6.07, 6.45) is 3.36. The van der Waals surface area contributed by atoms with Crippen LogP contribution in [0.15, 0.2) is 88.1 Å². The summed E-state index contributed by atoms with van der Waals surface area (Å²) in [6, 6.07) is 21.3. The van der Waals surface area contributed by atoms with Crippen LogP contribution < -0.4 is 5.43 Å². The van der Waals surface area contributed by atoms with Crippen molar-refractivity contribution in [3.63, 3.8) is 0 Å². The minimum atomic E-state index is -0.113. The monoisotopic (exact) mass is 380 g/mol. The van der Waals surface area contributed by atoms with Gasteiger partial charge in [0, 0.05) is 5.56 Å². The minimum absolute atomic E-state index is 0.113. The van der Waals surface area contributed by atoms with Gasteiger partial charge in [0.15, 0.2) is 0 Å². The quantitative estimate of drug-likeness (QED) is 0.437. The number of anilines is 1. The Bertz CT molecular complexity index is 1180. The summed E-state index contributed by atoms with van der Waals surface area (Å²) in [5, 5.41) is 13.0. The van der Waals surface area contributed by atoms with E-state index in [0.29, 0.717) is 5.71 Å². The molecule has 29 heavy (non-hydrogen) atoms. The molecule has 142 valence electrons. The second-order valence-corrected chi connectivity index (χ2v) is 6.84. The van der Waals surface area contributed by atoms with Crippen molar-refractivity contribution in [2.45, 2.75) is 13.8 Å². The van der Waals surface area contributed by atoms with E-state index >= 15 is 0 Å². The first kappa shape index (κ1) is 18.5. The van der Waals surface area contributed by atoms with E-state index in [1.807, 2.05) is 86.7 Å². The molecule has 0 unspecified atom stereocenters. The standard InChI is InChI=1S/C24H20N4O/c1-16-7-3-6-10-21(16)26-25-19-12-13-22(17(2)15-19)27-28-24-20-9-5-4-8-18(20)11-14-23(24)29/h3-15,27H,1-2H3/b26-25+,28-24+. The molecule has 3 aromatic carbocycles. The Morgan fingerprint density at radius 3 is 2.41 bits per heavy atom. The van der Waals surface area contributed by atoms with Gasteiger partial charge in [-0.2, -0.15) is 15.3 Å². The lowest BCUT2D eigenvalue weighted by Crippen LogP contribution is -2.19. The number of azo groups is 1. The van der Waals surface area contributed by atoms with Crippen LogP contribution in [-0.2, 0) is 4.79 Å². The fourth-order valence-corrected chi connectivity index (χ4v) is 3.09. The molecular formula is C24H20N4O. The molecule has 0 aliphatic heterocycles. The summed E-state index contributed by atoms with van der Waals surface area (Å²) in [6.45, 7) is 3.97. The Labute approximate surface area is 169 Å². The van der Waals surface area contributed by atoms with E-state index in [4.69, 9.17) is 0 Å². The fourth-order valence-electron chi connectivity index (χ4n) is 3.09. The Balaban J connectivity index is 1.55. The SMILES string of the molecule is Cc1ccccc1/N=N/c1ccc(N/N=C2/C(=O)C=Cc3ccccc32)c(C)c1. The molecule has 0 saturated heterocycles. The molecule has 0 amide bonds. The lowest BCUT2D eigenvalue weighted by molar-refractivity contribution is -0.108. The zero-order valence-corrected chi connectivity index (χ0v) is 16.3. The molecule has 1 aliphatic rings. The number of aryl methyl sites for hydroxylation is 2. The summed E-state index contributed by atoms with van der Waals surface area (Å²) in [4.78, 5) is 12.3. The highest BCUT2D eigenvalue weighted by Gasteiger charge is 2.18. The number of carbonyl (C=O) groups is 1. The number of nitrogens with one attached hydrogen (secondary N) is 1. The number of benzene rings is 3. The van der Waals surface area contributed by atoms with E-state index in [2.05, 4.69) is 20.8 Å². The van der Waals surface area contributed by atoms with Gasteiger partial charge in [-0.25, -0.2) is 0 Å². The number of nitrogens with zero attached hydrogens (tertiary/aromatic N) is 3. The smallest absolute Gasteiger partial charge is 0.206 e. The second-order valence-electron chi connectivity index (χ2n) is 6.84. The fraction of sp³-hybridized carbons (Fsp3) is 0.0833. The molecule has 1 aliphatic carbocycles. The van der Waals surface area contributed by atoms with E-state index in [-0.39, 0.29) is 5.78 Å². The number of hydrogen-bond acceptors (Lipinski definition) is 5. The third-order valence-electron chi connectivity index (χ3n) is 4.75. The van der Waals surface area contributed by atoms with Crippen LogP contribution in [0.3, 0.4) is 0 Å². The zero-order valence-electron chi connectivity index (χ0n) is 16.3. The van der Waals surface area contributed by atoms with E-state index < -0.39 is 0 Å². The Kier molecular flexibility index (Phi) is 5.12. The normalized spacial score (nSPS) is 14.4. The van der Waals surface area contributed by atoms with Gasteiger partial charge in [0.25, 0.3) is 0 Å². The van der Waals surface area contributed by atoms with Gasteiger partial charge < -0.3 is 0 Å². The lowest BCUT2D eigenvalue weighted by Gasteiger charge is -2.13. The van der Waals surface area contributed by atoms with Crippen molar-refractivity contribution >= 4 is 34.6 Å². The van der Waals surface area contributed by atoms with Crippen molar-refractivity contribution < 1.29 is 4.79 Å². The van der Waals surface area contributed by atoms with Gasteiger partial charge >= 0.3 is 0 Å². The van der Waals surface area contributed by atoms with Crippen LogP contribution in [-0.4, -0.2) is 11.5 Å². The molecule has 5 heteroatoms. The average Bonchev–Trinajstić information content (AvgIpc) is 2.73. The first-order valence-electron chi connectivity index (χ1n) is 9.35. The van der Waals surface area contributed by atoms with Crippen molar-refractivity contribution in [2.24, 2.45) is 15.3 Å². The van der Waals surface area contributed by atoms with Crippen LogP contribution in [0.25, 0.3) is 6.08 Å². The maximum atomic E-state index is 12.3. The Morgan fingerprint density at radius 1 is 0.793 bits per heavy atom. The van der Waals surface area contributed by atoms with Gasteiger partial charge in [-0.15, -0.1) is 0 Å². The van der Waals surface area contributed by atoms with Gasteiger partial charge in [0.1, 0.15) is 5.71 Å². The lowest BCUT2D eigenvalue weighted by atomic mass is 9.95. The van der Waals surface area contributed by atoms with E-state index in [1.165, 1.54) is 0 Å². The van der Waals surface area contributed by atoms with Gasteiger partial charge in [0.2, 0.25) is 5.78 Å². The maximum absolute atomic E-state index is 12.3. The highest BCUT2D eigenvalue weighted by Crippen LogP contribution is 2.26. The number of carbonyl (C=O) groups excluding carboxylic acids is 1. The predicted octanol–water partition coefficient (Wildman–Crippen LogP) is 6.13. The van der Waals surface area contributed by atoms with Gasteiger partial charge in [-0.1, -0.05) is 48.5 Å². The molecule has 4 rings (SSSR count). The van der Waals surface area contributed by atoms with Gasteiger partial charge in [0.05, 0.1) is 17.1 Å². The molecular weight excluding hydrogens is 360 g/mol. The third kappa shape index (κ3) is 4.04. The van der Waals surface area contributed by atoms with E-state index in [1.54, 1.807) is 6.08 Å². The van der Waals surface area contributed by atoms with Crippen molar-refractivity contribution in [2.75, 3.05) is 5.43 Å². The summed E-state index contributed by atoms with van der Waals surface area (Å²) in [5.41, 5.74) is 9.70. The minimum Gasteiger partial charge on any atom is -0.287 e. The molecule has 3 aromatic rings. The van der Waals surface area contributed by atoms with Crippen LogP contribution in [0.2, 0.25) is 0 Å². The van der Waals surface area contributed by atoms with Crippen LogP contribution >= 0.6 is 0 Å². The van der Waals surface area contributed by atoms with Crippen LogP contribution in [0.1, 0.15) is 22.3 Å². The molecule has 1 N–H and O–H groups in total. The molecule has 0 spiro atoms. The Hall–Kier alpha value is -3.86. The van der Waals surface area contributed by atoms with Crippen molar-refractivity contribution in [3.05, 3.63) is 95.1 Å². The molecule has 0 bridgehead atoms. The summed E-state index contributed by atoms with van der Waals surface area (Å²) in [5.74, 6) is -0.113. The van der Waals surface area contributed by atoms with Crippen molar-refractivity contribution in [3.8, 4) is 0 Å². The molecule has 0 saturated carbocycles. The van der Waals surface area contributed by atoms with Crippen LogP contribution in [0.4, 0.5) is 17.1 Å². The van der Waals surface area contributed by atoms with Gasteiger partial charge in [-0.3, -0.25) is 10.2 Å². The largest absolute Gasteiger partial charge is 0.287 e. The van der Waals surface area contributed by atoms with E-state index in [9.17, 15) is 4.79 Å². The van der Waals surface area contributed by atoms with Crippen LogP contribution in [0, 0.1) is 13.8 Å². The first-order valence-corrected chi connectivity index (χ1v) is 9.35. The number of ketones is 1. The zero-order chi connectivity index (χ0) is 20.2. The van der Waals surface area contributed by atoms with Gasteiger partial charge in [-0.05, 0) is 60.9 Å². The predicted molar refractivity (Wildman–Crippen MR) is 117 cm³/mol. The molecule has 0 radical (unpaired) electrons. The number of hydrogen-bond donors (Lipinski definition) is 1. The Morgan fingerprint density at radius 2 is 1.59 bits per heavy atom. The molecule has 0 heterocycles. The second kappa shape index (κ2) is 8.02. The molecule has 0 fully saturated rings. The maximum Gasteiger partial charge on any atom is 0.206 e. The topological polar surface area (TPSA) is 66.2 Å². The molecule has 0 aromatic heterocycles. The number of fused-ring (bicyclic) bond motifs is 1. The number of rotatable bonds is 4. The van der Waals surface area contributed by atoms with Crippen molar-refractivity contribution in [1.29, 1.82) is 0 Å². The summed E-state index contributed by atoms with van der Waals surface area (Å²) in [7, 11) is 0. The molecule has 0 atom stereocenters. The van der Waals surface area contributed by atoms with Crippen LogP contribution in [0.5, 0.6) is 0 Å². The third-order valence-corrected chi connectivity index (χ3v) is 4.75. The highest BCUT2D eigenvalue weighted by atomic mass is 16.1. The van der Waals surface area contributed by atoms with Crippen molar-refractivity contribution in [1.82, 2.24) is 0 Å². The highest BCUT2D eigenvalue weighted by molar-refractivity contribution is 6.52. The molecule has 5 nitrogen and oxygen atoms in total. The first-order chi connectivity index (χ1) is 14.1. The summed E-state index contributed by atoms with van der Waals surface area (Å²) >= 11 is 0. The average molecular weight is 380 g/mol. The number of hydrazone groups is 1.